The molecule has 0 spiro atoms. The lowest BCUT2D eigenvalue weighted by molar-refractivity contribution is -0.118. The Kier molecular flexibility index (Phi) is 3.60. The van der Waals surface area contributed by atoms with Gasteiger partial charge in [-0.1, -0.05) is 0 Å². The van der Waals surface area contributed by atoms with Gasteiger partial charge in [0.1, 0.15) is 0 Å². The molecule has 7 heteroatoms. The van der Waals surface area contributed by atoms with Gasteiger partial charge < -0.3 is 10.2 Å². The minimum atomic E-state index is -2.83. The van der Waals surface area contributed by atoms with Crippen LogP contribution in [-0.4, -0.2) is 36.9 Å². The molecule has 1 fully saturated rings. The first kappa shape index (κ1) is 14.9. The van der Waals surface area contributed by atoms with Gasteiger partial charge in [-0.15, -0.1) is 0 Å². The number of carbonyl (C=O) groups excluding carboxylic acids is 2. The van der Waals surface area contributed by atoms with E-state index in [2.05, 4.69) is 10.6 Å². The molecule has 5 nitrogen and oxygen atoms in total. The van der Waals surface area contributed by atoms with E-state index < -0.39 is 30.8 Å². The summed E-state index contributed by atoms with van der Waals surface area (Å²) in [5, 5.41) is 5.18. The van der Waals surface area contributed by atoms with Crippen molar-refractivity contribution in [3.63, 3.8) is 0 Å². The number of amides is 2. The van der Waals surface area contributed by atoms with Crippen LogP contribution in [0.5, 0.6) is 0 Å². The summed E-state index contributed by atoms with van der Waals surface area (Å²) in [5.41, 5.74) is 2.37. The van der Waals surface area contributed by atoms with Crippen molar-refractivity contribution in [3.05, 3.63) is 23.8 Å². The van der Waals surface area contributed by atoms with Crippen molar-refractivity contribution in [1.82, 2.24) is 5.32 Å². The highest BCUT2D eigenvalue weighted by Crippen LogP contribution is 2.31. The summed E-state index contributed by atoms with van der Waals surface area (Å²) in [4.78, 5) is 25.2. The van der Waals surface area contributed by atoms with Gasteiger partial charge in [-0.3, -0.25) is 14.9 Å². The second kappa shape index (κ2) is 5.31. The number of alkyl halides is 2. The number of nitrogens with one attached hydrogen (secondary N) is 2. The molecule has 0 aliphatic carbocycles. The number of rotatable bonds is 2. The quantitative estimate of drug-likeness (QED) is 0.871. The van der Waals surface area contributed by atoms with Crippen LogP contribution in [0.2, 0.25) is 0 Å². The highest BCUT2D eigenvalue weighted by molar-refractivity contribution is 5.97. The van der Waals surface area contributed by atoms with Gasteiger partial charge in [-0.25, -0.2) is 8.78 Å². The molecule has 1 saturated heterocycles. The van der Waals surface area contributed by atoms with Gasteiger partial charge >= 0.3 is 0 Å². The molecule has 0 bridgehead atoms. The van der Waals surface area contributed by atoms with Crippen molar-refractivity contribution in [2.24, 2.45) is 0 Å². The maximum atomic E-state index is 13.1. The molecular formula is C15H17F2N3O2. The van der Waals surface area contributed by atoms with Crippen LogP contribution in [0.4, 0.5) is 20.2 Å². The molecule has 2 aliphatic heterocycles. The first-order valence-electron chi connectivity index (χ1n) is 7.19. The Balaban J connectivity index is 1.70. The summed E-state index contributed by atoms with van der Waals surface area (Å²) in [6, 6.07) is 4.38. The van der Waals surface area contributed by atoms with E-state index >= 15 is 0 Å². The Morgan fingerprint density at radius 1 is 1.41 bits per heavy atom. The van der Waals surface area contributed by atoms with Crippen LogP contribution in [0.3, 0.4) is 0 Å². The highest BCUT2D eigenvalue weighted by atomic mass is 19.3. The van der Waals surface area contributed by atoms with Crippen LogP contribution in [0.1, 0.15) is 18.9 Å². The predicted octanol–water partition coefficient (Wildman–Crippen LogP) is 1.53. The SMILES string of the molecule is CC(=O)N1CCc2cc(NC(=O)C3CC(F)(F)CN3)ccc21. The van der Waals surface area contributed by atoms with Crippen LogP contribution in [0, 0.1) is 0 Å². The second-order valence-electron chi connectivity index (χ2n) is 5.75. The molecule has 1 unspecified atom stereocenters. The second-order valence-corrected chi connectivity index (χ2v) is 5.75. The van der Waals surface area contributed by atoms with E-state index in [9.17, 15) is 18.4 Å². The van der Waals surface area contributed by atoms with Crippen LogP contribution >= 0.6 is 0 Å². The van der Waals surface area contributed by atoms with Crippen LogP contribution < -0.4 is 15.5 Å². The minimum Gasteiger partial charge on any atom is -0.325 e. The van der Waals surface area contributed by atoms with Gasteiger partial charge in [0, 0.05) is 31.3 Å². The molecular weight excluding hydrogens is 292 g/mol. The number of benzene rings is 1. The molecule has 1 aromatic carbocycles. The lowest BCUT2D eigenvalue weighted by atomic mass is 10.1. The molecule has 0 aromatic heterocycles. The molecule has 1 aromatic rings. The maximum absolute atomic E-state index is 13.1. The smallest absolute Gasteiger partial charge is 0.262 e. The molecule has 3 rings (SSSR count). The summed E-state index contributed by atoms with van der Waals surface area (Å²) in [5.74, 6) is -3.31. The average molecular weight is 309 g/mol. The van der Waals surface area contributed by atoms with Gasteiger partial charge in [0.2, 0.25) is 11.8 Å². The molecule has 2 heterocycles. The van der Waals surface area contributed by atoms with Crippen molar-refractivity contribution >= 4 is 23.2 Å². The van der Waals surface area contributed by atoms with Gasteiger partial charge in [0.15, 0.2) is 0 Å². The fraction of sp³-hybridized carbons (Fsp3) is 0.467. The Labute approximate surface area is 126 Å². The van der Waals surface area contributed by atoms with Gasteiger partial charge in [-0.05, 0) is 30.2 Å². The van der Waals surface area contributed by atoms with Crippen molar-refractivity contribution in [3.8, 4) is 0 Å². The predicted molar refractivity (Wildman–Crippen MR) is 78.2 cm³/mol. The molecule has 2 aliphatic rings. The first-order valence-corrected chi connectivity index (χ1v) is 7.19. The van der Waals surface area contributed by atoms with Gasteiger partial charge in [0.25, 0.3) is 5.92 Å². The lowest BCUT2D eigenvalue weighted by Crippen LogP contribution is -2.35. The molecule has 2 N–H and O–H groups in total. The van der Waals surface area contributed by atoms with Gasteiger partial charge in [0.05, 0.1) is 12.6 Å². The summed E-state index contributed by atoms with van der Waals surface area (Å²) in [7, 11) is 0. The third kappa shape index (κ3) is 2.81. The zero-order chi connectivity index (χ0) is 15.9. The highest BCUT2D eigenvalue weighted by Gasteiger charge is 2.42. The standard InChI is InChI=1S/C15H17F2N3O2/c1-9(21)20-5-4-10-6-11(2-3-13(10)20)19-14(22)12-7-15(16,17)8-18-12/h2-3,6,12,18H,4-5,7-8H2,1H3,(H,19,22). The van der Waals surface area contributed by atoms with E-state index in [1.807, 2.05) is 0 Å². The summed E-state index contributed by atoms with van der Waals surface area (Å²) < 4.78 is 26.2. The third-order valence-electron chi connectivity index (χ3n) is 4.05. The Bertz CT molecular complexity index is 633. The number of halogens is 2. The maximum Gasteiger partial charge on any atom is 0.262 e. The third-order valence-corrected chi connectivity index (χ3v) is 4.05. The first-order chi connectivity index (χ1) is 10.4. The van der Waals surface area contributed by atoms with Crippen LogP contribution in [0.25, 0.3) is 0 Å². The zero-order valence-corrected chi connectivity index (χ0v) is 12.2. The summed E-state index contributed by atoms with van der Waals surface area (Å²) in [6.07, 6.45) is 0.236. The largest absolute Gasteiger partial charge is 0.325 e. The molecule has 22 heavy (non-hydrogen) atoms. The van der Waals surface area contributed by atoms with E-state index in [1.54, 1.807) is 23.1 Å². The number of hydrogen-bond acceptors (Lipinski definition) is 3. The topological polar surface area (TPSA) is 61.4 Å². The van der Waals surface area contributed by atoms with Crippen molar-refractivity contribution in [1.29, 1.82) is 0 Å². The van der Waals surface area contributed by atoms with Crippen molar-refractivity contribution in [2.45, 2.75) is 31.7 Å². The zero-order valence-electron chi connectivity index (χ0n) is 12.2. The Morgan fingerprint density at radius 2 is 2.18 bits per heavy atom. The fourth-order valence-corrected chi connectivity index (χ4v) is 2.94. The van der Waals surface area contributed by atoms with E-state index in [-0.39, 0.29) is 5.91 Å². The Hall–Kier alpha value is -2.02. The number of nitrogens with zero attached hydrogens (tertiary/aromatic N) is 1. The number of hydrogen-bond donors (Lipinski definition) is 2. The molecule has 1 atom stereocenters. The number of anilines is 2. The van der Waals surface area contributed by atoms with Crippen LogP contribution in [-0.2, 0) is 16.0 Å². The summed E-state index contributed by atoms with van der Waals surface area (Å²) >= 11 is 0. The minimum absolute atomic E-state index is 0.0204. The number of fused-ring (bicyclic) bond motifs is 1. The molecule has 0 radical (unpaired) electrons. The van der Waals surface area contributed by atoms with Gasteiger partial charge in [-0.2, -0.15) is 0 Å². The number of carbonyl (C=O) groups is 2. The van der Waals surface area contributed by atoms with Crippen molar-refractivity contribution in [2.75, 3.05) is 23.3 Å². The average Bonchev–Trinajstić information content (AvgIpc) is 3.01. The lowest BCUT2D eigenvalue weighted by Gasteiger charge is -2.15. The van der Waals surface area contributed by atoms with E-state index in [4.69, 9.17) is 0 Å². The molecule has 2 amide bonds. The van der Waals surface area contributed by atoms with Crippen LogP contribution in [0.15, 0.2) is 18.2 Å². The summed E-state index contributed by atoms with van der Waals surface area (Å²) in [6.45, 7) is 1.66. The normalized spacial score (nSPS) is 22.5. The van der Waals surface area contributed by atoms with E-state index in [0.29, 0.717) is 12.2 Å². The monoisotopic (exact) mass is 309 g/mol. The molecule has 0 saturated carbocycles. The fourth-order valence-electron chi connectivity index (χ4n) is 2.94. The van der Waals surface area contributed by atoms with E-state index in [1.165, 1.54) is 6.92 Å². The Morgan fingerprint density at radius 3 is 2.82 bits per heavy atom. The molecule has 118 valence electrons. The van der Waals surface area contributed by atoms with E-state index in [0.717, 1.165) is 17.7 Å². The van der Waals surface area contributed by atoms with Crippen molar-refractivity contribution < 1.29 is 18.4 Å².